The van der Waals surface area contributed by atoms with Crippen molar-refractivity contribution in [3.05, 3.63) is 59.7 Å². The van der Waals surface area contributed by atoms with Crippen molar-refractivity contribution in [2.45, 2.75) is 25.7 Å². The van der Waals surface area contributed by atoms with Gasteiger partial charge in [-0.3, -0.25) is 4.79 Å². The summed E-state index contributed by atoms with van der Waals surface area (Å²) in [6.45, 7) is 7.86. The number of carbonyl (C=O) groups is 1. The van der Waals surface area contributed by atoms with E-state index in [0.717, 1.165) is 24.3 Å². The van der Waals surface area contributed by atoms with Crippen LogP contribution in [0.15, 0.2) is 64.1 Å². The number of primary sulfonamides is 1. The number of rotatable bonds is 6. The topological polar surface area (TPSA) is 96.1 Å². The number of sulfonamides is 1. The van der Waals surface area contributed by atoms with E-state index < -0.39 is 10.0 Å². The van der Waals surface area contributed by atoms with Gasteiger partial charge < -0.3 is 4.90 Å². The first-order valence-corrected chi connectivity index (χ1v) is 10.9. The van der Waals surface area contributed by atoms with E-state index in [-0.39, 0.29) is 10.8 Å². The number of nitrogens with zero attached hydrogens (tertiary/aromatic N) is 3. The average molecular weight is 413 g/mol. The van der Waals surface area contributed by atoms with Crippen LogP contribution in [0.4, 0.5) is 11.4 Å². The number of carbonyl (C=O) groups excluding carboxylic acids is 1. The Kier molecular flexibility index (Phi) is 5.86. The lowest BCUT2D eigenvalue weighted by atomic mass is 10.1. The van der Waals surface area contributed by atoms with E-state index in [2.05, 4.69) is 23.8 Å². The fourth-order valence-corrected chi connectivity index (χ4v) is 3.69. The molecule has 0 radical (unpaired) electrons. The Morgan fingerprint density at radius 2 is 1.62 bits per heavy atom. The average Bonchev–Trinajstić information content (AvgIpc) is 2.98. The zero-order valence-electron chi connectivity index (χ0n) is 16.7. The summed E-state index contributed by atoms with van der Waals surface area (Å²) in [5.74, 6) is -0.265. The Labute approximate surface area is 171 Å². The van der Waals surface area contributed by atoms with E-state index in [0.29, 0.717) is 17.0 Å². The minimum atomic E-state index is -3.79. The molecule has 0 atom stereocenters. The van der Waals surface area contributed by atoms with E-state index in [1.165, 1.54) is 29.3 Å². The second-order valence-corrected chi connectivity index (χ2v) is 8.22. The molecule has 0 bridgehead atoms. The van der Waals surface area contributed by atoms with Crippen LogP contribution in [0.1, 0.15) is 26.3 Å². The molecule has 2 aromatic carbocycles. The lowest BCUT2D eigenvalue weighted by Gasteiger charge is -2.20. The van der Waals surface area contributed by atoms with Gasteiger partial charge in [0.25, 0.3) is 5.91 Å². The van der Waals surface area contributed by atoms with Gasteiger partial charge in [-0.15, -0.1) is 0 Å². The molecule has 0 fully saturated rings. The Morgan fingerprint density at radius 3 is 2.14 bits per heavy atom. The van der Waals surface area contributed by atoms with Crippen molar-refractivity contribution in [1.29, 1.82) is 0 Å². The van der Waals surface area contributed by atoms with Crippen LogP contribution in [-0.4, -0.2) is 33.1 Å². The summed E-state index contributed by atoms with van der Waals surface area (Å²) in [7, 11) is -3.79. The SMILES string of the molecule is CCN(CC)c1ccc(/C=C2\C(=O)N(c3ccc(S(N)(=O)=O)cc3)N=C2C)cc1. The highest BCUT2D eigenvalue weighted by Gasteiger charge is 2.28. The maximum atomic E-state index is 12.9. The molecule has 0 aliphatic carbocycles. The highest BCUT2D eigenvalue weighted by atomic mass is 32.2. The number of hydrogen-bond acceptors (Lipinski definition) is 5. The molecule has 0 aromatic heterocycles. The van der Waals surface area contributed by atoms with E-state index in [9.17, 15) is 13.2 Å². The second kappa shape index (κ2) is 8.18. The molecule has 1 aliphatic heterocycles. The first-order valence-electron chi connectivity index (χ1n) is 9.34. The smallest absolute Gasteiger partial charge is 0.280 e. The third kappa shape index (κ3) is 4.38. The van der Waals surface area contributed by atoms with Crippen LogP contribution >= 0.6 is 0 Å². The molecule has 0 spiro atoms. The van der Waals surface area contributed by atoms with Crippen molar-refractivity contribution in [1.82, 2.24) is 0 Å². The van der Waals surface area contributed by atoms with Crippen molar-refractivity contribution in [2.24, 2.45) is 10.2 Å². The largest absolute Gasteiger partial charge is 0.372 e. The van der Waals surface area contributed by atoms with Gasteiger partial charge in [0.05, 0.1) is 21.9 Å². The number of amides is 1. The van der Waals surface area contributed by atoms with Gasteiger partial charge in [-0.1, -0.05) is 12.1 Å². The number of hydrogen-bond donors (Lipinski definition) is 1. The minimum Gasteiger partial charge on any atom is -0.372 e. The summed E-state index contributed by atoms with van der Waals surface area (Å²) >= 11 is 0. The molecule has 0 saturated heterocycles. The molecule has 152 valence electrons. The van der Waals surface area contributed by atoms with Crippen LogP contribution in [0.3, 0.4) is 0 Å². The van der Waals surface area contributed by atoms with E-state index in [1.54, 1.807) is 6.92 Å². The maximum absolute atomic E-state index is 12.9. The Bertz CT molecular complexity index is 1070. The van der Waals surface area contributed by atoms with Crippen LogP contribution in [0.2, 0.25) is 0 Å². The Balaban J connectivity index is 1.84. The molecule has 1 heterocycles. The summed E-state index contributed by atoms with van der Waals surface area (Å²) in [5.41, 5.74) is 3.61. The summed E-state index contributed by atoms with van der Waals surface area (Å²) in [5, 5.41) is 10.7. The lowest BCUT2D eigenvalue weighted by molar-refractivity contribution is -0.114. The molecule has 0 unspecified atom stereocenters. The number of nitrogens with two attached hydrogens (primary N) is 1. The van der Waals surface area contributed by atoms with Crippen molar-refractivity contribution in [2.75, 3.05) is 23.0 Å². The van der Waals surface area contributed by atoms with Gasteiger partial charge in [0.2, 0.25) is 10.0 Å². The Morgan fingerprint density at radius 1 is 1.03 bits per heavy atom. The summed E-state index contributed by atoms with van der Waals surface area (Å²) in [6.07, 6.45) is 1.81. The van der Waals surface area contributed by atoms with Crippen molar-refractivity contribution in [3.8, 4) is 0 Å². The Hall–Kier alpha value is -2.97. The van der Waals surface area contributed by atoms with E-state index in [1.807, 2.05) is 30.3 Å². The molecule has 1 amide bonds. The first kappa shape index (κ1) is 20.8. The highest BCUT2D eigenvalue weighted by Crippen LogP contribution is 2.26. The van der Waals surface area contributed by atoms with Crippen LogP contribution < -0.4 is 15.0 Å². The molecular weight excluding hydrogens is 388 g/mol. The zero-order valence-corrected chi connectivity index (χ0v) is 17.5. The molecule has 7 nitrogen and oxygen atoms in total. The molecule has 0 saturated carbocycles. The van der Waals surface area contributed by atoms with Gasteiger partial charge in [0.15, 0.2) is 0 Å². The van der Waals surface area contributed by atoms with Gasteiger partial charge in [-0.25, -0.2) is 13.6 Å². The third-order valence-electron chi connectivity index (χ3n) is 4.81. The fourth-order valence-electron chi connectivity index (χ4n) is 3.17. The van der Waals surface area contributed by atoms with E-state index >= 15 is 0 Å². The van der Waals surface area contributed by atoms with Gasteiger partial charge in [-0.2, -0.15) is 10.1 Å². The van der Waals surface area contributed by atoms with Crippen molar-refractivity contribution < 1.29 is 13.2 Å². The van der Waals surface area contributed by atoms with Gasteiger partial charge in [-0.05, 0) is 68.8 Å². The van der Waals surface area contributed by atoms with Gasteiger partial charge in [0, 0.05) is 18.8 Å². The molecular formula is C21H24N4O3S. The molecule has 3 rings (SSSR count). The normalized spacial score (nSPS) is 15.7. The van der Waals surface area contributed by atoms with E-state index in [4.69, 9.17) is 5.14 Å². The maximum Gasteiger partial charge on any atom is 0.280 e. The fraction of sp³-hybridized carbons (Fsp3) is 0.238. The minimum absolute atomic E-state index is 0.0161. The predicted molar refractivity (Wildman–Crippen MR) is 116 cm³/mol. The summed E-state index contributed by atoms with van der Waals surface area (Å²) in [4.78, 5) is 15.1. The molecule has 1 aliphatic rings. The quantitative estimate of drug-likeness (QED) is 0.738. The zero-order chi connectivity index (χ0) is 21.2. The molecule has 29 heavy (non-hydrogen) atoms. The van der Waals surface area contributed by atoms with Crippen LogP contribution in [-0.2, 0) is 14.8 Å². The monoisotopic (exact) mass is 412 g/mol. The summed E-state index contributed by atoms with van der Waals surface area (Å²) < 4.78 is 22.8. The van der Waals surface area contributed by atoms with Crippen LogP contribution in [0, 0.1) is 0 Å². The van der Waals surface area contributed by atoms with Crippen molar-refractivity contribution >= 4 is 39.1 Å². The van der Waals surface area contributed by atoms with Crippen LogP contribution in [0.5, 0.6) is 0 Å². The standard InChI is InChI=1S/C21H24N4O3S/c1-4-24(5-2)17-8-6-16(7-9-17)14-20-15(3)23-25(21(20)26)18-10-12-19(13-11-18)29(22,27)28/h6-14H,4-5H2,1-3H3,(H2,22,27,28)/b20-14-. The third-order valence-corrected chi connectivity index (χ3v) is 5.73. The number of anilines is 2. The highest BCUT2D eigenvalue weighted by molar-refractivity contribution is 7.89. The predicted octanol–water partition coefficient (Wildman–Crippen LogP) is 2.99. The lowest BCUT2D eigenvalue weighted by Crippen LogP contribution is -2.22. The molecule has 2 aromatic rings. The van der Waals surface area contributed by atoms with Gasteiger partial charge in [0.1, 0.15) is 0 Å². The first-order chi connectivity index (χ1) is 13.7. The van der Waals surface area contributed by atoms with Gasteiger partial charge >= 0.3 is 0 Å². The molecule has 2 N–H and O–H groups in total. The summed E-state index contributed by atoms with van der Waals surface area (Å²) in [6, 6.07) is 13.8. The molecule has 8 heteroatoms. The second-order valence-electron chi connectivity index (χ2n) is 6.66. The number of benzene rings is 2. The van der Waals surface area contributed by atoms with Crippen molar-refractivity contribution in [3.63, 3.8) is 0 Å². The number of hydrazone groups is 1. The van der Waals surface area contributed by atoms with Crippen LogP contribution in [0.25, 0.3) is 6.08 Å².